The number of unbranched alkanes of at least 4 members (excludes halogenated alkanes) is 15. The minimum atomic E-state index is -4.51. The second-order valence-electron chi connectivity index (χ2n) is 12.2. The van der Waals surface area contributed by atoms with Gasteiger partial charge in [-0.05, 0) is 64.2 Å². The van der Waals surface area contributed by atoms with Gasteiger partial charge in [-0.3, -0.25) is 13.8 Å². The van der Waals surface area contributed by atoms with Gasteiger partial charge in [-0.25, -0.2) is 4.57 Å². The molecular weight excluding hydrogens is 619 g/mol. The SMILES string of the molecule is CCC/C=C\C/C=C\CCCCCCCC(=O)OC(COCCCCCCCC/C=C\CCCCC)COP(=O)(O)OCC(O)CO. The lowest BCUT2D eigenvalue weighted by molar-refractivity contribution is -0.154. The molecule has 0 aliphatic carbocycles. The van der Waals surface area contributed by atoms with Gasteiger partial charge in [0.1, 0.15) is 12.2 Å². The monoisotopic (exact) mass is 688 g/mol. The van der Waals surface area contributed by atoms with Gasteiger partial charge in [0.25, 0.3) is 0 Å². The number of aliphatic hydroxyl groups is 2. The first-order chi connectivity index (χ1) is 22.8. The van der Waals surface area contributed by atoms with Crippen molar-refractivity contribution in [3.05, 3.63) is 36.5 Å². The molecule has 3 atom stereocenters. The smallest absolute Gasteiger partial charge is 0.457 e. The van der Waals surface area contributed by atoms with E-state index in [1.165, 1.54) is 51.4 Å². The van der Waals surface area contributed by atoms with Crippen LogP contribution >= 0.6 is 7.82 Å². The number of rotatable bonds is 35. The zero-order chi connectivity index (χ0) is 34.7. The van der Waals surface area contributed by atoms with Crippen molar-refractivity contribution in [2.45, 2.75) is 161 Å². The Hall–Kier alpha value is -1.32. The topological polar surface area (TPSA) is 132 Å². The maximum atomic E-state index is 12.5. The Morgan fingerprint density at radius 3 is 1.81 bits per heavy atom. The van der Waals surface area contributed by atoms with E-state index in [1.54, 1.807) is 0 Å². The van der Waals surface area contributed by atoms with E-state index in [0.717, 1.165) is 70.6 Å². The van der Waals surface area contributed by atoms with Gasteiger partial charge in [0, 0.05) is 13.0 Å². The second-order valence-corrected chi connectivity index (χ2v) is 13.7. The molecule has 0 rings (SSSR count). The first-order valence-corrected chi connectivity index (χ1v) is 20.0. The third-order valence-electron chi connectivity index (χ3n) is 7.53. The molecule has 0 aromatic rings. The van der Waals surface area contributed by atoms with Crippen molar-refractivity contribution in [2.24, 2.45) is 0 Å². The Bertz CT molecular complexity index is 831. The maximum Gasteiger partial charge on any atom is 0.472 e. The summed E-state index contributed by atoms with van der Waals surface area (Å²) >= 11 is 0. The Morgan fingerprint density at radius 1 is 0.660 bits per heavy atom. The van der Waals surface area contributed by atoms with Crippen LogP contribution in [0.2, 0.25) is 0 Å². The summed E-state index contributed by atoms with van der Waals surface area (Å²) in [6.07, 6.45) is 33.8. The fourth-order valence-corrected chi connectivity index (χ4v) is 5.47. The van der Waals surface area contributed by atoms with Crippen LogP contribution < -0.4 is 0 Å². The molecule has 47 heavy (non-hydrogen) atoms. The van der Waals surface area contributed by atoms with Crippen LogP contribution in [0.15, 0.2) is 36.5 Å². The van der Waals surface area contributed by atoms with Crippen molar-refractivity contribution in [1.82, 2.24) is 0 Å². The van der Waals surface area contributed by atoms with Crippen molar-refractivity contribution >= 4 is 13.8 Å². The molecule has 0 heterocycles. The third-order valence-corrected chi connectivity index (χ3v) is 8.48. The maximum absolute atomic E-state index is 12.5. The van der Waals surface area contributed by atoms with E-state index in [-0.39, 0.29) is 19.6 Å². The molecular formula is C37H69O9P. The number of allylic oxidation sites excluding steroid dienone is 6. The molecule has 0 aliphatic heterocycles. The summed E-state index contributed by atoms with van der Waals surface area (Å²) in [5, 5.41) is 18.3. The Kier molecular flexibility index (Phi) is 33.6. The van der Waals surface area contributed by atoms with Gasteiger partial charge in [0.2, 0.25) is 0 Å². The molecule has 0 aliphatic rings. The van der Waals surface area contributed by atoms with Gasteiger partial charge in [-0.1, -0.05) is 115 Å². The molecule has 0 fully saturated rings. The highest BCUT2D eigenvalue weighted by Crippen LogP contribution is 2.43. The van der Waals surface area contributed by atoms with Crippen molar-refractivity contribution in [1.29, 1.82) is 0 Å². The van der Waals surface area contributed by atoms with Crippen LogP contribution in [-0.4, -0.2) is 66.3 Å². The number of phosphoric acid groups is 1. The summed E-state index contributed by atoms with van der Waals surface area (Å²) < 4.78 is 33.2. The number of hydrogen-bond donors (Lipinski definition) is 3. The highest BCUT2D eigenvalue weighted by molar-refractivity contribution is 7.47. The standard InChI is InChI=1S/C37H69O9P/c1-3-5-7-9-11-13-15-17-19-21-23-25-27-29-37(40)46-36(34-45-47(41,42)44-32-35(39)31-38)33-43-30-28-26-24-22-20-18-16-14-12-10-8-6-4-2/h7,9,12-15,35-36,38-39H,3-6,8,10-11,16-34H2,1-2H3,(H,41,42)/b9-7-,14-12-,15-13-. The van der Waals surface area contributed by atoms with Crippen LogP contribution in [0.5, 0.6) is 0 Å². The molecule has 10 heteroatoms. The quantitative estimate of drug-likeness (QED) is 0.0258. The van der Waals surface area contributed by atoms with Crippen LogP contribution in [0.1, 0.15) is 149 Å². The van der Waals surface area contributed by atoms with Crippen molar-refractivity contribution in [3.63, 3.8) is 0 Å². The highest BCUT2D eigenvalue weighted by atomic mass is 31.2. The first-order valence-electron chi connectivity index (χ1n) is 18.5. The second kappa shape index (κ2) is 34.5. The Morgan fingerprint density at radius 2 is 1.19 bits per heavy atom. The minimum absolute atomic E-state index is 0.0392. The fourth-order valence-electron chi connectivity index (χ4n) is 4.68. The van der Waals surface area contributed by atoms with E-state index in [4.69, 9.17) is 23.6 Å². The van der Waals surface area contributed by atoms with Gasteiger partial charge < -0.3 is 24.6 Å². The summed E-state index contributed by atoms with van der Waals surface area (Å²) in [5.41, 5.74) is 0. The summed E-state index contributed by atoms with van der Waals surface area (Å²) in [7, 11) is -4.51. The lowest BCUT2D eigenvalue weighted by Gasteiger charge is -2.20. The molecule has 0 radical (unpaired) electrons. The third kappa shape index (κ3) is 34.3. The molecule has 0 aromatic carbocycles. The van der Waals surface area contributed by atoms with Crippen LogP contribution in [0, 0.1) is 0 Å². The zero-order valence-electron chi connectivity index (χ0n) is 29.7. The van der Waals surface area contributed by atoms with Crippen LogP contribution in [0.4, 0.5) is 0 Å². The zero-order valence-corrected chi connectivity index (χ0v) is 30.6. The number of aliphatic hydroxyl groups excluding tert-OH is 2. The average Bonchev–Trinajstić information content (AvgIpc) is 3.06. The number of carbonyl (C=O) groups excluding carboxylic acids is 1. The molecule has 3 unspecified atom stereocenters. The molecule has 276 valence electrons. The Labute approximate surface area is 286 Å². The van der Waals surface area contributed by atoms with Gasteiger partial charge in [-0.15, -0.1) is 0 Å². The van der Waals surface area contributed by atoms with E-state index in [2.05, 4.69) is 50.3 Å². The largest absolute Gasteiger partial charge is 0.472 e. The van der Waals surface area contributed by atoms with E-state index < -0.39 is 39.2 Å². The minimum Gasteiger partial charge on any atom is -0.457 e. The van der Waals surface area contributed by atoms with Crippen LogP contribution in [0.25, 0.3) is 0 Å². The summed E-state index contributed by atoms with van der Waals surface area (Å²) in [6, 6.07) is 0. The molecule has 0 spiro atoms. The predicted molar refractivity (Wildman–Crippen MR) is 191 cm³/mol. The summed E-state index contributed by atoms with van der Waals surface area (Å²) in [6.45, 7) is 3.38. The van der Waals surface area contributed by atoms with E-state index in [0.29, 0.717) is 13.0 Å². The molecule has 0 amide bonds. The van der Waals surface area contributed by atoms with Crippen molar-refractivity contribution in [3.8, 4) is 0 Å². The average molecular weight is 689 g/mol. The number of hydrogen-bond acceptors (Lipinski definition) is 8. The summed E-state index contributed by atoms with van der Waals surface area (Å²) in [5.74, 6) is -0.401. The van der Waals surface area contributed by atoms with Gasteiger partial charge in [0.15, 0.2) is 0 Å². The molecule has 9 nitrogen and oxygen atoms in total. The molecule has 0 aromatic heterocycles. The van der Waals surface area contributed by atoms with Crippen LogP contribution in [0.3, 0.4) is 0 Å². The number of ether oxygens (including phenoxy) is 2. The molecule has 0 saturated heterocycles. The number of carbonyl (C=O) groups is 1. The van der Waals surface area contributed by atoms with Gasteiger partial charge in [-0.2, -0.15) is 0 Å². The number of esters is 1. The van der Waals surface area contributed by atoms with Gasteiger partial charge in [0.05, 0.1) is 26.4 Å². The lowest BCUT2D eigenvalue weighted by atomic mass is 10.1. The normalized spacial score (nSPS) is 14.7. The van der Waals surface area contributed by atoms with Gasteiger partial charge >= 0.3 is 13.8 Å². The molecule has 0 bridgehead atoms. The molecule has 3 N–H and O–H groups in total. The van der Waals surface area contributed by atoms with E-state index in [1.807, 2.05) is 0 Å². The van der Waals surface area contributed by atoms with E-state index >= 15 is 0 Å². The highest BCUT2D eigenvalue weighted by Gasteiger charge is 2.26. The first kappa shape index (κ1) is 45.7. The number of phosphoric ester groups is 1. The molecule has 0 saturated carbocycles. The predicted octanol–water partition coefficient (Wildman–Crippen LogP) is 9.30. The Balaban J connectivity index is 4.29. The van der Waals surface area contributed by atoms with Crippen molar-refractivity contribution < 1.29 is 43.0 Å². The van der Waals surface area contributed by atoms with E-state index in [9.17, 15) is 19.4 Å². The lowest BCUT2D eigenvalue weighted by Crippen LogP contribution is -2.29. The fraction of sp³-hybridized carbons (Fsp3) is 0.811. The van der Waals surface area contributed by atoms with Crippen molar-refractivity contribution in [2.75, 3.05) is 33.0 Å². The summed E-state index contributed by atoms with van der Waals surface area (Å²) in [4.78, 5) is 22.4. The van der Waals surface area contributed by atoms with Crippen LogP contribution in [-0.2, 0) is 27.9 Å².